The topological polar surface area (TPSA) is 67.3 Å². The molecule has 0 saturated carbocycles. The molecule has 1 radical (unpaired) electrons. The van der Waals surface area contributed by atoms with Crippen molar-refractivity contribution in [3.05, 3.63) is 37.0 Å². The fraction of sp³-hybridized carbons (Fsp3) is 0.333. The molecule has 0 aromatic carbocycles. The highest BCUT2D eigenvalue weighted by atomic mass is 32.2. The Hall–Kier alpha value is -0.940. The van der Waals surface area contributed by atoms with Gasteiger partial charge < -0.3 is 0 Å². The molecule has 5 heteroatoms. The van der Waals surface area contributed by atoms with Crippen LogP contribution in [-0.2, 0) is 10.1 Å². The maximum atomic E-state index is 11.0. The largest absolute Gasteiger partial charge is 0.285 e. The molecule has 4 nitrogen and oxygen atoms in total. The Bertz CT molecular complexity index is 374. The summed E-state index contributed by atoms with van der Waals surface area (Å²) >= 11 is 0. The molecule has 1 unspecified atom stereocenters. The predicted molar refractivity (Wildman–Crippen MR) is 53.1 cm³/mol. The Morgan fingerprint density at radius 2 is 2.00 bits per heavy atom. The third kappa shape index (κ3) is 2.78. The SMILES string of the molecule is [CH2]CCC(c1ccncc1)S(=O)(=O)O. The lowest BCUT2D eigenvalue weighted by atomic mass is 10.1. The van der Waals surface area contributed by atoms with Crippen molar-refractivity contribution < 1.29 is 13.0 Å². The lowest BCUT2D eigenvalue weighted by Gasteiger charge is -2.12. The van der Waals surface area contributed by atoms with Gasteiger partial charge in [0.05, 0.1) is 0 Å². The first-order chi connectivity index (χ1) is 6.55. The van der Waals surface area contributed by atoms with E-state index in [1.807, 2.05) is 0 Å². The average Bonchev–Trinajstić information content (AvgIpc) is 2.14. The minimum atomic E-state index is -4.05. The molecule has 1 N–H and O–H groups in total. The van der Waals surface area contributed by atoms with Crippen molar-refractivity contribution in [2.45, 2.75) is 18.1 Å². The summed E-state index contributed by atoms with van der Waals surface area (Å²) in [4.78, 5) is 3.78. The van der Waals surface area contributed by atoms with Crippen LogP contribution in [0.5, 0.6) is 0 Å². The highest BCUT2D eigenvalue weighted by molar-refractivity contribution is 7.86. The van der Waals surface area contributed by atoms with E-state index in [-0.39, 0.29) is 0 Å². The van der Waals surface area contributed by atoms with Crippen LogP contribution in [0.1, 0.15) is 23.7 Å². The second kappa shape index (κ2) is 4.52. The van der Waals surface area contributed by atoms with Crippen LogP contribution in [0.4, 0.5) is 0 Å². The maximum Gasteiger partial charge on any atom is 0.271 e. The van der Waals surface area contributed by atoms with Gasteiger partial charge in [0, 0.05) is 12.4 Å². The molecule has 0 fully saturated rings. The highest BCUT2D eigenvalue weighted by Crippen LogP contribution is 2.25. The number of aromatic nitrogens is 1. The third-order valence-corrected chi connectivity index (χ3v) is 3.13. The zero-order chi connectivity index (χ0) is 10.6. The fourth-order valence-electron chi connectivity index (χ4n) is 1.25. The summed E-state index contributed by atoms with van der Waals surface area (Å²) in [6.45, 7) is 3.57. The molecule has 1 aromatic rings. The summed E-state index contributed by atoms with van der Waals surface area (Å²) in [5.74, 6) is 0. The summed E-state index contributed by atoms with van der Waals surface area (Å²) in [6.07, 6.45) is 3.75. The van der Waals surface area contributed by atoms with E-state index in [9.17, 15) is 8.42 Å². The summed E-state index contributed by atoms with van der Waals surface area (Å²) in [5, 5.41) is -0.886. The molecule has 77 valence electrons. The molecule has 14 heavy (non-hydrogen) atoms. The Labute approximate surface area is 83.7 Å². The second-order valence-corrected chi connectivity index (χ2v) is 4.53. The van der Waals surface area contributed by atoms with Crippen LogP contribution in [0.15, 0.2) is 24.5 Å². The molecular weight excluding hydrogens is 202 g/mol. The first kappa shape index (κ1) is 11.1. The van der Waals surface area contributed by atoms with E-state index in [0.29, 0.717) is 18.4 Å². The number of pyridine rings is 1. The molecule has 0 bridgehead atoms. The van der Waals surface area contributed by atoms with E-state index in [1.165, 1.54) is 12.4 Å². The molecular formula is C9H12NO3S. The Balaban J connectivity index is 3.02. The van der Waals surface area contributed by atoms with Crippen LogP contribution in [0.25, 0.3) is 0 Å². The van der Waals surface area contributed by atoms with E-state index < -0.39 is 15.4 Å². The van der Waals surface area contributed by atoms with Gasteiger partial charge in [0.2, 0.25) is 0 Å². The van der Waals surface area contributed by atoms with Gasteiger partial charge in [0.15, 0.2) is 0 Å². The first-order valence-corrected chi connectivity index (χ1v) is 5.71. The number of hydrogen-bond donors (Lipinski definition) is 1. The molecule has 0 spiro atoms. The van der Waals surface area contributed by atoms with E-state index >= 15 is 0 Å². The van der Waals surface area contributed by atoms with Crippen molar-refractivity contribution in [2.24, 2.45) is 0 Å². The standard InChI is InChI=1S/C9H12NO3S/c1-2-3-9(14(11,12)13)8-4-6-10-7-5-8/h4-7,9H,1-3H2,(H,11,12,13). The van der Waals surface area contributed by atoms with Crippen LogP contribution < -0.4 is 0 Å². The Kier molecular flexibility index (Phi) is 3.60. The van der Waals surface area contributed by atoms with Gasteiger partial charge >= 0.3 is 0 Å². The monoisotopic (exact) mass is 214 g/mol. The Morgan fingerprint density at radius 3 is 2.43 bits per heavy atom. The van der Waals surface area contributed by atoms with Gasteiger partial charge in [-0.2, -0.15) is 8.42 Å². The molecule has 1 rings (SSSR count). The van der Waals surface area contributed by atoms with E-state index in [1.54, 1.807) is 12.1 Å². The van der Waals surface area contributed by atoms with Gasteiger partial charge in [-0.3, -0.25) is 9.54 Å². The number of rotatable bonds is 4. The molecule has 0 aliphatic carbocycles. The van der Waals surface area contributed by atoms with Crippen molar-refractivity contribution in [1.29, 1.82) is 0 Å². The van der Waals surface area contributed by atoms with Crippen molar-refractivity contribution in [1.82, 2.24) is 4.98 Å². The van der Waals surface area contributed by atoms with Crippen molar-refractivity contribution in [2.75, 3.05) is 0 Å². The van der Waals surface area contributed by atoms with Crippen LogP contribution in [0.3, 0.4) is 0 Å². The molecule has 1 heterocycles. The van der Waals surface area contributed by atoms with Gasteiger partial charge in [-0.25, -0.2) is 0 Å². The summed E-state index contributed by atoms with van der Waals surface area (Å²) in [7, 11) is -4.05. The van der Waals surface area contributed by atoms with Crippen LogP contribution in [-0.4, -0.2) is 18.0 Å². The lowest BCUT2D eigenvalue weighted by Crippen LogP contribution is -2.11. The van der Waals surface area contributed by atoms with E-state index in [0.717, 1.165) is 0 Å². The molecule has 1 aromatic heterocycles. The van der Waals surface area contributed by atoms with Gasteiger partial charge in [0.1, 0.15) is 5.25 Å². The summed E-state index contributed by atoms with van der Waals surface area (Å²) in [5.41, 5.74) is 0.547. The quantitative estimate of drug-likeness (QED) is 0.773. The molecule has 0 aliphatic heterocycles. The molecule has 1 atom stereocenters. The number of hydrogen-bond acceptors (Lipinski definition) is 3. The minimum Gasteiger partial charge on any atom is -0.285 e. The van der Waals surface area contributed by atoms with Gasteiger partial charge in [-0.15, -0.1) is 0 Å². The third-order valence-electron chi connectivity index (χ3n) is 1.90. The lowest BCUT2D eigenvalue weighted by molar-refractivity contribution is 0.464. The maximum absolute atomic E-state index is 11.0. The molecule has 0 saturated heterocycles. The smallest absolute Gasteiger partial charge is 0.271 e. The molecule has 0 amide bonds. The van der Waals surface area contributed by atoms with Gasteiger partial charge in [0.25, 0.3) is 10.1 Å². The Morgan fingerprint density at radius 1 is 1.43 bits per heavy atom. The predicted octanol–water partition coefficient (Wildman–Crippen LogP) is 1.62. The zero-order valence-electron chi connectivity index (χ0n) is 7.63. The summed E-state index contributed by atoms with van der Waals surface area (Å²) in [6, 6.07) is 3.15. The second-order valence-electron chi connectivity index (χ2n) is 2.93. The zero-order valence-corrected chi connectivity index (χ0v) is 8.44. The van der Waals surface area contributed by atoms with Crippen molar-refractivity contribution >= 4 is 10.1 Å². The van der Waals surface area contributed by atoms with Crippen LogP contribution in [0, 0.1) is 6.92 Å². The van der Waals surface area contributed by atoms with Gasteiger partial charge in [-0.1, -0.05) is 13.3 Å². The highest BCUT2D eigenvalue weighted by Gasteiger charge is 2.23. The first-order valence-electron chi connectivity index (χ1n) is 4.21. The van der Waals surface area contributed by atoms with Crippen LogP contribution >= 0.6 is 0 Å². The van der Waals surface area contributed by atoms with Crippen molar-refractivity contribution in [3.8, 4) is 0 Å². The van der Waals surface area contributed by atoms with E-state index in [2.05, 4.69) is 11.9 Å². The van der Waals surface area contributed by atoms with Gasteiger partial charge in [-0.05, 0) is 24.1 Å². The fourth-order valence-corrected chi connectivity index (χ4v) is 2.22. The van der Waals surface area contributed by atoms with Crippen LogP contribution in [0.2, 0.25) is 0 Å². The molecule has 0 aliphatic rings. The van der Waals surface area contributed by atoms with E-state index in [4.69, 9.17) is 4.55 Å². The summed E-state index contributed by atoms with van der Waals surface area (Å²) < 4.78 is 31.0. The minimum absolute atomic E-state index is 0.308. The normalized spacial score (nSPS) is 13.9. The van der Waals surface area contributed by atoms with Crippen molar-refractivity contribution in [3.63, 3.8) is 0 Å². The number of nitrogens with zero attached hydrogens (tertiary/aromatic N) is 1. The average molecular weight is 214 g/mol.